The van der Waals surface area contributed by atoms with Crippen LogP contribution in [0.15, 0.2) is 91.1 Å². The summed E-state index contributed by atoms with van der Waals surface area (Å²) in [4.78, 5) is 5.94. The number of aromatic nitrogens is 1. The van der Waals surface area contributed by atoms with Crippen LogP contribution in [0.4, 0.5) is 0 Å². The molecule has 0 aliphatic rings. The summed E-state index contributed by atoms with van der Waals surface area (Å²) in [7, 11) is 0. The maximum atomic E-state index is 4.66. The average Bonchev–Trinajstić information content (AvgIpc) is 3.18. The first kappa shape index (κ1) is 17.8. The molecule has 0 bridgehead atoms. The van der Waals surface area contributed by atoms with Crippen LogP contribution in [-0.4, -0.2) is 4.98 Å². The molecule has 0 aliphatic heterocycles. The largest absolute Gasteiger partial charge is 0.256 e. The van der Waals surface area contributed by atoms with Crippen LogP contribution in [0, 0.1) is 13.8 Å². The van der Waals surface area contributed by atoms with E-state index in [9.17, 15) is 0 Å². The molecular formula is C27H21NS. The molecule has 2 heteroatoms. The van der Waals surface area contributed by atoms with Gasteiger partial charge in [0.1, 0.15) is 0 Å². The number of fused-ring (bicyclic) bond motifs is 1. The fourth-order valence-corrected chi connectivity index (χ4v) is 4.99. The van der Waals surface area contributed by atoms with Gasteiger partial charge in [-0.2, -0.15) is 0 Å². The number of aryl methyl sites for hydroxylation is 2. The van der Waals surface area contributed by atoms with E-state index in [0.29, 0.717) is 0 Å². The van der Waals surface area contributed by atoms with E-state index in [0.717, 1.165) is 11.3 Å². The van der Waals surface area contributed by atoms with Gasteiger partial charge in [0, 0.05) is 26.7 Å². The van der Waals surface area contributed by atoms with Crippen LogP contribution in [0.25, 0.3) is 42.9 Å². The third-order valence-corrected chi connectivity index (χ3v) is 6.56. The fourth-order valence-electron chi connectivity index (χ4n) is 3.91. The molecule has 0 aliphatic carbocycles. The Morgan fingerprint density at radius 1 is 0.655 bits per heavy atom. The van der Waals surface area contributed by atoms with E-state index < -0.39 is 0 Å². The smallest absolute Gasteiger partial charge is 0.0716 e. The van der Waals surface area contributed by atoms with Gasteiger partial charge in [0.25, 0.3) is 0 Å². The predicted molar refractivity (Wildman–Crippen MR) is 125 cm³/mol. The minimum atomic E-state index is 1.02. The molecule has 0 atom stereocenters. The first-order valence-electron chi connectivity index (χ1n) is 9.81. The van der Waals surface area contributed by atoms with Crippen molar-refractivity contribution in [2.75, 3.05) is 0 Å². The highest BCUT2D eigenvalue weighted by molar-refractivity contribution is 7.22. The minimum absolute atomic E-state index is 1.02. The highest BCUT2D eigenvalue weighted by atomic mass is 32.1. The van der Waals surface area contributed by atoms with Gasteiger partial charge in [-0.25, -0.2) is 0 Å². The number of rotatable bonds is 3. The van der Waals surface area contributed by atoms with Crippen molar-refractivity contribution in [3.63, 3.8) is 0 Å². The summed E-state index contributed by atoms with van der Waals surface area (Å²) in [6, 6.07) is 30.2. The summed E-state index contributed by atoms with van der Waals surface area (Å²) < 4.78 is 1.27. The zero-order valence-corrected chi connectivity index (χ0v) is 17.3. The van der Waals surface area contributed by atoms with Gasteiger partial charge in [-0.15, -0.1) is 11.3 Å². The van der Waals surface area contributed by atoms with Gasteiger partial charge < -0.3 is 0 Å². The van der Waals surface area contributed by atoms with E-state index in [-0.39, 0.29) is 0 Å². The number of nitrogens with zero attached hydrogens (tertiary/aromatic N) is 1. The molecule has 0 unspecified atom stereocenters. The van der Waals surface area contributed by atoms with E-state index in [1.165, 1.54) is 42.8 Å². The van der Waals surface area contributed by atoms with Crippen molar-refractivity contribution in [3.05, 3.63) is 102 Å². The lowest BCUT2D eigenvalue weighted by Gasteiger charge is -2.10. The van der Waals surface area contributed by atoms with Crippen LogP contribution in [0.1, 0.15) is 11.1 Å². The molecule has 2 aromatic heterocycles. The molecule has 0 saturated carbocycles. The zero-order chi connectivity index (χ0) is 19.8. The van der Waals surface area contributed by atoms with E-state index in [2.05, 4.69) is 97.7 Å². The summed E-state index contributed by atoms with van der Waals surface area (Å²) in [5.74, 6) is 0. The van der Waals surface area contributed by atoms with Crippen LogP contribution in [-0.2, 0) is 0 Å². The summed E-state index contributed by atoms with van der Waals surface area (Å²) in [5, 5.41) is 1.20. The first-order valence-corrected chi connectivity index (χ1v) is 10.6. The minimum Gasteiger partial charge on any atom is -0.256 e. The van der Waals surface area contributed by atoms with Crippen molar-refractivity contribution < 1.29 is 0 Å². The Bertz CT molecular complexity index is 1280. The highest BCUT2D eigenvalue weighted by Gasteiger charge is 2.09. The Hall–Kier alpha value is -3.23. The van der Waals surface area contributed by atoms with Gasteiger partial charge in [0.05, 0.1) is 5.69 Å². The molecular weight excluding hydrogens is 370 g/mol. The second-order valence-electron chi connectivity index (χ2n) is 7.43. The summed E-state index contributed by atoms with van der Waals surface area (Å²) in [6.07, 6.45) is 1.99. The van der Waals surface area contributed by atoms with E-state index >= 15 is 0 Å². The molecule has 140 valence electrons. The number of hydrogen-bond acceptors (Lipinski definition) is 2. The van der Waals surface area contributed by atoms with Gasteiger partial charge in [0.15, 0.2) is 0 Å². The van der Waals surface area contributed by atoms with Crippen LogP contribution < -0.4 is 0 Å². The van der Waals surface area contributed by atoms with Gasteiger partial charge in [0.2, 0.25) is 0 Å². The lowest BCUT2D eigenvalue weighted by molar-refractivity contribution is 1.36. The topological polar surface area (TPSA) is 12.9 Å². The molecule has 0 N–H and O–H groups in total. The van der Waals surface area contributed by atoms with Gasteiger partial charge in [-0.3, -0.25) is 4.98 Å². The third-order valence-electron chi connectivity index (χ3n) is 5.41. The van der Waals surface area contributed by atoms with Crippen molar-refractivity contribution in [2.24, 2.45) is 0 Å². The first-order chi connectivity index (χ1) is 14.2. The lowest BCUT2D eigenvalue weighted by Crippen LogP contribution is -1.87. The fraction of sp³-hybridized carbons (Fsp3) is 0.0741. The zero-order valence-electron chi connectivity index (χ0n) is 16.5. The van der Waals surface area contributed by atoms with Gasteiger partial charge >= 0.3 is 0 Å². The molecule has 3 aromatic carbocycles. The number of hydrogen-bond donors (Lipinski definition) is 0. The Kier molecular flexibility index (Phi) is 4.49. The molecule has 5 rings (SSSR count). The van der Waals surface area contributed by atoms with Crippen LogP contribution >= 0.6 is 11.3 Å². The van der Waals surface area contributed by atoms with Crippen LogP contribution in [0.2, 0.25) is 0 Å². The summed E-state index contributed by atoms with van der Waals surface area (Å²) in [5.41, 5.74) is 8.69. The number of benzene rings is 3. The van der Waals surface area contributed by atoms with E-state index in [4.69, 9.17) is 0 Å². The van der Waals surface area contributed by atoms with Crippen LogP contribution in [0.5, 0.6) is 0 Å². The van der Waals surface area contributed by atoms with E-state index in [1.807, 2.05) is 23.6 Å². The maximum absolute atomic E-state index is 4.66. The normalized spacial score (nSPS) is 11.1. The van der Waals surface area contributed by atoms with Crippen molar-refractivity contribution in [3.8, 4) is 32.8 Å². The quantitative estimate of drug-likeness (QED) is 0.304. The third kappa shape index (κ3) is 3.37. The average molecular weight is 392 g/mol. The molecule has 2 heterocycles. The van der Waals surface area contributed by atoms with Crippen molar-refractivity contribution in [2.45, 2.75) is 13.8 Å². The summed E-state index contributed by atoms with van der Waals surface area (Å²) >= 11 is 1.83. The summed E-state index contributed by atoms with van der Waals surface area (Å²) in [6.45, 7) is 4.36. The van der Waals surface area contributed by atoms with Crippen molar-refractivity contribution in [1.29, 1.82) is 0 Å². The molecule has 0 spiro atoms. The maximum Gasteiger partial charge on any atom is 0.0716 e. The monoisotopic (exact) mass is 391 g/mol. The molecule has 0 amide bonds. The van der Waals surface area contributed by atoms with Crippen molar-refractivity contribution in [1.82, 2.24) is 4.98 Å². The van der Waals surface area contributed by atoms with Crippen molar-refractivity contribution >= 4 is 21.4 Å². The Morgan fingerprint density at radius 2 is 1.34 bits per heavy atom. The Balaban J connectivity index is 1.51. The molecule has 0 saturated heterocycles. The van der Waals surface area contributed by atoms with Crippen LogP contribution in [0.3, 0.4) is 0 Å². The Morgan fingerprint density at radius 3 is 2.07 bits per heavy atom. The Labute approximate surface area is 175 Å². The molecule has 5 aromatic rings. The number of thiophene rings is 1. The van der Waals surface area contributed by atoms with E-state index in [1.54, 1.807) is 0 Å². The molecule has 1 nitrogen and oxygen atoms in total. The standard InChI is InChI=1S/C27H21NS/c1-18-7-6-8-19(2)27(18)22-13-11-21(12-14-22)25-15-23-17-28-24(16-26(23)29-25)20-9-4-3-5-10-20/h3-17H,1-2H3. The second-order valence-corrected chi connectivity index (χ2v) is 8.51. The lowest BCUT2D eigenvalue weighted by atomic mass is 9.95. The molecule has 29 heavy (non-hydrogen) atoms. The van der Waals surface area contributed by atoms with Gasteiger partial charge in [-0.1, -0.05) is 72.8 Å². The predicted octanol–water partition coefficient (Wildman–Crippen LogP) is 7.91. The van der Waals surface area contributed by atoms with Gasteiger partial charge in [-0.05, 0) is 53.8 Å². The molecule has 0 fully saturated rings. The second kappa shape index (κ2) is 7.31. The SMILES string of the molecule is Cc1cccc(C)c1-c1ccc(-c2cc3cnc(-c4ccccc4)cc3s2)cc1. The highest BCUT2D eigenvalue weighted by Crippen LogP contribution is 2.36. The molecule has 0 radical (unpaired) electrons. The number of pyridine rings is 1.